The van der Waals surface area contributed by atoms with Crippen molar-refractivity contribution >= 4 is 12.1 Å². The van der Waals surface area contributed by atoms with Crippen LogP contribution in [0.3, 0.4) is 0 Å². The van der Waals surface area contributed by atoms with E-state index in [1.54, 1.807) is 0 Å². The predicted molar refractivity (Wildman–Crippen MR) is 74.8 cm³/mol. The van der Waals surface area contributed by atoms with Gasteiger partial charge in [-0.25, -0.2) is 4.79 Å². The van der Waals surface area contributed by atoms with Gasteiger partial charge in [0.1, 0.15) is 0 Å². The molecule has 0 aliphatic carbocycles. The molecule has 1 heterocycles. The largest absolute Gasteiger partial charge is 0.453 e. The Morgan fingerprint density at radius 1 is 1.24 bits per heavy atom. The number of carbonyl (C=O) groups excluding carboxylic acids is 1. The lowest BCUT2D eigenvalue weighted by Crippen LogP contribution is -2.40. The van der Waals surface area contributed by atoms with Crippen LogP contribution in [0.25, 0.3) is 0 Å². The van der Waals surface area contributed by atoms with Crippen LogP contribution in [0.2, 0.25) is 0 Å². The van der Waals surface area contributed by atoms with Crippen LogP contribution in [0.1, 0.15) is 22.7 Å². The fourth-order valence-electron chi connectivity index (χ4n) is 2.40. The van der Waals surface area contributed by atoms with Crippen LogP contribution in [0.5, 0.6) is 0 Å². The first-order valence-electron chi connectivity index (χ1n) is 6.85. The quantitative estimate of drug-likeness (QED) is 0.772. The third-order valence-corrected chi connectivity index (χ3v) is 3.66. The molecule has 0 aromatic heterocycles. The number of nitrogens with zero attached hydrogens (tertiary/aromatic N) is 2. The zero-order chi connectivity index (χ0) is 19.0. The summed E-state index contributed by atoms with van der Waals surface area (Å²) in [6.07, 6.45) is -10.7. The molecule has 0 spiro atoms. The second-order valence-corrected chi connectivity index (χ2v) is 5.21. The first kappa shape index (κ1) is 18.9. The average molecular weight is 369 g/mol. The standard InChI is InChI=1S/C14H13F6N3O2/c1-23-10(6-21-11(23)22-12(24)25-2)8-4-3-7(13(15,16)17)5-9(8)14(18,19)20/h3-5,10H,6H2,1-2H3,(H,21,22,24). The number of halogens is 6. The van der Waals surface area contributed by atoms with E-state index < -0.39 is 35.6 Å². The molecule has 2 rings (SSSR count). The van der Waals surface area contributed by atoms with Crippen LogP contribution in [-0.4, -0.2) is 37.7 Å². The molecule has 0 saturated carbocycles. The predicted octanol–water partition coefficient (Wildman–Crippen LogP) is 3.42. The first-order valence-corrected chi connectivity index (χ1v) is 6.85. The molecule has 1 aliphatic heterocycles. The van der Waals surface area contributed by atoms with E-state index in [9.17, 15) is 31.1 Å². The van der Waals surface area contributed by atoms with Gasteiger partial charge >= 0.3 is 18.4 Å². The molecule has 1 N–H and O–H groups in total. The minimum atomic E-state index is -4.98. The number of alkyl carbamates (subject to hydrolysis) is 1. The fraction of sp³-hybridized carbons (Fsp3) is 0.429. The number of rotatable bonds is 1. The Labute approximate surface area is 138 Å². The lowest BCUT2D eigenvalue weighted by molar-refractivity contribution is -0.143. The Morgan fingerprint density at radius 3 is 2.40 bits per heavy atom. The third kappa shape index (κ3) is 3.97. The Hall–Kier alpha value is -2.46. The molecule has 1 unspecified atom stereocenters. The van der Waals surface area contributed by atoms with E-state index >= 15 is 0 Å². The highest BCUT2D eigenvalue weighted by molar-refractivity contribution is 5.94. The molecule has 1 aromatic rings. The van der Waals surface area contributed by atoms with Crippen LogP contribution in [0.15, 0.2) is 23.2 Å². The van der Waals surface area contributed by atoms with E-state index in [1.165, 1.54) is 11.9 Å². The molecule has 0 saturated heterocycles. The lowest BCUT2D eigenvalue weighted by atomic mass is 9.97. The second-order valence-electron chi connectivity index (χ2n) is 5.21. The number of hydrogen-bond acceptors (Lipinski definition) is 4. The monoisotopic (exact) mass is 369 g/mol. The summed E-state index contributed by atoms with van der Waals surface area (Å²) in [4.78, 5) is 16.3. The summed E-state index contributed by atoms with van der Waals surface area (Å²) in [6, 6.07) is 0.466. The van der Waals surface area contributed by atoms with Gasteiger partial charge in [0.15, 0.2) is 0 Å². The Kier molecular flexibility index (Phi) is 4.87. The van der Waals surface area contributed by atoms with Gasteiger partial charge in [0.25, 0.3) is 0 Å². The van der Waals surface area contributed by atoms with Crippen LogP contribution in [0.4, 0.5) is 31.1 Å². The summed E-state index contributed by atoms with van der Waals surface area (Å²) in [5.74, 6) is -0.0372. The van der Waals surface area contributed by atoms with Gasteiger partial charge in [-0.15, -0.1) is 0 Å². The summed E-state index contributed by atoms with van der Waals surface area (Å²) in [5, 5.41) is 2.23. The van der Waals surface area contributed by atoms with Gasteiger partial charge in [-0.2, -0.15) is 26.3 Å². The number of amides is 1. The van der Waals surface area contributed by atoms with Gasteiger partial charge < -0.3 is 9.64 Å². The van der Waals surface area contributed by atoms with Gasteiger partial charge in [0.2, 0.25) is 5.96 Å². The maximum atomic E-state index is 13.2. The summed E-state index contributed by atoms with van der Waals surface area (Å²) >= 11 is 0. The molecule has 25 heavy (non-hydrogen) atoms. The molecule has 0 fully saturated rings. The molecule has 5 nitrogen and oxygen atoms in total. The highest BCUT2D eigenvalue weighted by Crippen LogP contribution is 2.40. The highest BCUT2D eigenvalue weighted by Gasteiger charge is 2.41. The number of alkyl halides is 6. The normalized spacial score (nSPS) is 18.2. The van der Waals surface area contributed by atoms with Gasteiger partial charge in [-0.1, -0.05) is 6.07 Å². The summed E-state index contributed by atoms with van der Waals surface area (Å²) in [5.41, 5.74) is -3.15. The van der Waals surface area contributed by atoms with E-state index in [2.05, 4.69) is 15.0 Å². The molecule has 1 amide bonds. The average Bonchev–Trinajstić information content (AvgIpc) is 2.85. The van der Waals surface area contributed by atoms with Gasteiger partial charge in [0, 0.05) is 7.05 Å². The third-order valence-electron chi connectivity index (χ3n) is 3.66. The lowest BCUT2D eigenvalue weighted by Gasteiger charge is -2.26. The zero-order valence-electron chi connectivity index (χ0n) is 13.0. The van der Waals surface area contributed by atoms with E-state index in [0.717, 1.165) is 13.2 Å². The number of likely N-dealkylation sites (N-methyl/N-ethyl adjacent to an activating group) is 1. The second kappa shape index (κ2) is 6.45. The summed E-state index contributed by atoms with van der Waals surface area (Å²) in [6.45, 7) is -0.162. The molecule has 1 aromatic carbocycles. The molecule has 11 heteroatoms. The molecular formula is C14H13F6N3O2. The molecule has 0 bridgehead atoms. The molecule has 1 aliphatic rings. The van der Waals surface area contributed by atoms with Crippen LogP contribution in [0, 0.1) is 0 Å². The number of carbonyl (C=O) groups is 1. The van der Waals surface area contributed by atoms with Crippen molar-refractivity contribution in [3.05, 3.63) is 34.9 Å². The topological polar surface area (TPSA) is 53.9 Å². The van der Waals surface area contributed by atoms with Gasteiger partial charge in [-0.3, -0.25) is 10.3 Å². The van der Waals surface area contributed by atoms with E-state index in [0.29, 0.717) is 6.07 Å². The summed E-state index contributed by atoms with van der Waals surface area (Å²) in [7, 11) is 2.46. The van der Waals surface area contributed by atoms with Crippen molar-refractivity contribution in [3.63, 3.8) is 0 Å². The highest BCUT2D eigenvalue weighted by atomic mass is 19.4. The van der Waals surface area contributed by atoms with Crippen molar-refractivity contribution in [3.8, 4) is 0 Å². The summed E-state index contributed by atoms with van der Waals surface area (Å²) < 4.78 is 82.3. The van der Waals surface area contributed by atoms with Crippen molar-refractivity contribution in [2.75, 3.05) is 20.7 Å². The Balaban J connectivity index is 2.39. The van der Waals surface area contributed by atoms with E-state index in [-0.39, 0.29) is 24.1 Å². The number of nitrogens with one attached hydrogen (secondary N) is 1. The van der Waals surface area contributed by atoms with Crippen molar-refractivity contribution in [2.24, 2.45) is 4.99 Å². The maximum absolute atomic E-state index is 13.2. The number of methoxy groups -OCH3 is 1. The number of ether oxygens (including phenoxy) is 1. The van der Waals surface area contributed by atoms with Gasteiger partial charge in [-0.05, 0) is 17.7 Å². The van der Waals surface area contributed by atoms with Crippen LogP contribution >= 0.6 is 0 Å². The number of aliphatic imine (C=N–C) groups is 1. The van der Waals surface area contributed by atoms with Gasteiger partial charge in [0.05, 0.1) is 30.8 Å². The van der Waals surface area contributed by atoms with Crippen molar-refractivity contribution in [2.45, 2.75) is 18.4 Å². The van der Waals surface area contributed by atoms with Crippen molar-refractivity contribution < 1.29 is 35.9 Å². The number of benzene rings is 1. The smallest absolute Gasteiger partial charge is 0.416 e. The first-order chi connectivity index (χ1) is 11.4. The van der Waals surface area contributed by atoms with Crippen molar-refractivity contribution in [1.82, 2.24) is 10.2 Å². The molecule has 1 atom stereocenters. The number of hydrogen-bond donors (Lipinski definition) is 1. The zero-order valence-corrected chi connectivity index (χ0v) is 13.0. The fourth-order valence-corrected chi connectivity index (χ4v) is 2.40. The minimum absolute atomic E-state index is 0.0372. The molecule has 138 valence electrons. The van der Waals surface area contributed by atoms with Crippen LogP contribution in [-0.2, 0) is 17.1 Å². The SMILES string of the molecule is COC(=O)NC1=NCC(c2ccc(C(F)(F)F)cc2C(F)(F)F)N1C. The van der Waals surface area contributed by atoms with Crippen LogP contribution < -0.4 is 5.32 Å². The Bertz CT molecular complexity index is 699. The van der Waals surface area contributed by atoms with Crippen molar-refractivity contribution in [1.29, 1.82) is 0 Å². The molecular weight excluding hydrogens is 356 g/mol. The minimum Gasteiger partial charge on any atom is -0.453 e. The maximum Gasteiger partial charge on any atom is 0.416 e. The Morgan fingerprint density at radius 2 is 1.88 bits per heavy atom. The molecule has 0 radical (unpaired) electrons. The van der Waals surface area contributed by atoms with E-state index in [1.807, 2.05) is 0 Å². The van der Waals surface area contributed by atoms with E-state index in [4.69, 9.17) is 0 Å². The number of guanidine groups is 1.